The van der Waals surface area contributed by atoms with Crippen molar-refractivity contribution in [2.24, 2.45) is 4.99 Å². The van der Waals surface area contributed by atoms with Gasteiger partial charge in [-0.3, -0.25) is 9.59 Å². The van der Waals surface area contributed by atoms with Gasteiger partial charge in [0.2, 0.25) is 0 Å². The lowest BCUT2D eigenvalue weighted by molar-refractivity contribution is -0.143. The van der Waals surface area contributed by atoms with Crippen LogP contribution in [0, 0.1) is 0 Å². The zero-order chi connectivity index (χ0) is 19.4. The minimum absolute atomic E-state index is 0.0883. The minimum Gasteiger partial charge on any atom is -0.465 e. The molecule has 0 saturated carbocycles. The molecule has 1 aromatic carbocycles. The fourth-order valence-corrected chi connectivity index (χ4v) is 3.50. The molecular formula is C18H16N2O6S. The average Bonchev–Trinajstić information content (AvgIpc) is 3.30. The molecule has 0 unspecified atom stereocenters. The lowest BCUT2D eigenvalue weighted by Gasteiger charge is -2.05. The summed E-state index contributed by atoms with van der Waals surface area (Å²) in [7, 11) is 1.30. The quantitative estimate of drug-likeness (QED) is 0.622. The van der Waals surface area contributed by atoms with E-state index in [0.29, 0.717) is 20.6 Å². The van der Waals surface area contributed by atoms with E-state index in [2.05, 4.69) is 4.99 Å². The van der Waals surface area contributed by atoms with Crippen molar-refractivity contribution in [2.75, 3.05) is 13.7 Å². The molecule has 0 atom stereocenters. The van der Waals surface area contributed by atoms with Crippen molar-refractivity contribution in [3.05, 3.63) is 52.7 Å². The van der Waals surface area contributed by atoms with Gasteiger partial charge in [0.05, 0.1) is 35.8 Å². The average molecular weight is 388 g/mol. The smallest absolute Gasteiger partial charge is 0.337 e. The summed E-state index contributed by atoms with van der Waals surface area (Å²) in [6.45, 7) is 1.84. The van der Waals surface area contributed by atoms with Crippen LogP contribution in [0.1, 0.15) is 27.8 Å². The molecule has 140 valence electrons. The van der Waals surface area contributed by atoms with Crippen LogP contribution in [-0.4, -0.2) is 36.1 Å². The van der Waals surface area contributed by atoms with Gasteiger partial charge in [-0.2, -0.15) is 4.99 Å². The minimum atomic E-state index is -0.572. The molecule has 8 nitrogen and oxygen atoms in total. The number of hydrogen-bond acceptors (Lipinski definition) is 7. The fourth-order valence-electron chi connectivity index (χ4n) is 2.43. The highest BCUT2D eigenvalue weighted by Gasteiger charge is 2.15. The molecule has 0 bridgehead atoms. The van der Waals surface area contributed by atoms with Gasteiger partial charge in [0.25, 0.3) is 0 Å². The van der Waals surface area contributed by atoms with Crippen LogP contribution in [0.15, 0.2) is 46.0 Å². The van der Waals surface area contributed by atoms with Crippen LogP contribution in [0.2, 0.25) is 0 Å². The highest BCUT2D eigenvalue weighted by molar-refractivity contribution is 7.16. The third kappa shape index (κ3) is 3.98. The molecule has 0 N–H and O–H groups in total. The fraction of sp³-hybridized carbons (Fsp3) is 0.222. The number of furan rings is 1. The Morgan fingerprint density at radius 2 is 2.07 bits per heavy atom. The predicted octanol–water partition coefficient (Wildman–Crippen LogP) is 2.39. The van der Waals surface area contributed by atoms with Crippen LogP contribution >= 0.6 is 11.3 Å². The van der Waals surface area contributed by atoms with Gasteiger partial charge >= 0.3 is 17.8 Å². The van der Waals surface area contributed by atoms with E-state index in [-0.39, 0.29) is 18.9 Å². The van der Waals surface area contributed by atoms with E-state index in [1.165, 1.54) is 30.8 Å². The highest BCUT2D eigenvalue weighted by Crippen LogP contribution is 2.20. The third-order valence-corrected chi connectivity index (χ3v) is 4.67. The summed E-state index contributed by atoms with van der Waals surface area (Å²) in [4.78, 5) is 40.4. The van der Waals surface area contributed by atoms with Gasteiger partial charge in [-0.15, -0.1) is 0 Å². The van der Waals surface area contributed by atoms with E-state index >= 15 is 0 Å². The molecule has 0 radical (unpaired) electrons. The van der Waals surface area contributed by atoms with Crippen molar-refractivity contribution < 1.29 is 28.3 Å². The Morgan fingerprint density at radius 1 is 1.26 bits per heavy atom. The number of nitrogens with zero attached hydrogens (tertiary/aromatic N) is 2. The van der Waals surface area contributed by atoms with Crippen LogP contribution in [0.3, 0.4) is 0 Å². The van der Waals surface area contributed by atoms with Crippen molar-refractivity contribution in [2.45, 2.75) is 13.5 Å². The maximum Gasteiger partial charge on any atom is 0.337 e. The Kier molecular flexibility index (Phi) is 5.51. The Labute approximate surface area is 157 Å². The summed E-state index contributed by atoms with van der Waals surface area (Å²) >= 11 is 1.17. The lowest BCUT2D eigenvalue weighted by Crippen LogP contribution is -2.23. The first kappa shape index (κ1) is 18.6. The van der Waals surface area contributed by atoms with Crippen LogP contribution in [0.5, 0.6) is 0 Å². The number of thiazole rings is 1. The maximum absolute atomic E-state index is 12.3. The van der Waals surface area contributed by atoms with Crippen molar-refractivity contribution in [1.82, 2.24) is 4.57 Å². The number of carbonyl (C=O) groups excluding carboxylic acids is 3. The second-order valence-electron chi connectivity index (χ2n) is 5.34. The zero-order valence-electron chi connectivity index (χ0n) is 14.6. The Bertz CT molecular complexity index is 1060. The number of esters is 2. The molecule has 0 aliphatic carbocycles. The first-order valence-electron chi connectivity index (χ1n) is 8.03. The standard InChI is InChI=1S/C18H16N2O6S/c1-3-25-15(21)10-20-12-7-6-11(17(23)24-2)9-14(12)27-18(20)19-16(22)13-5-4-8-26-13/h4-9H,3,10H2,1-2H3. The summed E-state index contributed by atoms with van der Waals surface area (Å²) in [5.41, 5.74) is 1.00. The molecule has 0 saturated heterocycles. The topological polar surface area (TPSA) is 100 Å². The van der Waals surface area contributed by atoms with Crippen molar-refractivity contribution in [1.29, 1.82) is 0 Å². The largest absolute Gasteiger partial charge is 0.465 e. The van der Waals surface area contributed by atoms with Gasteiger partial charge in [0, 0.05) is 0 Å². The van der Waals surface area contributed by atoms with E-state index in [0.717, 1.165) is 0 Å². The van der Waals surface area contributed by atoms with Gasteiger partial charge in [0.15, 0.2) is 10.6 Å². The number of methoxy groups -OCH3 is 1. The molecule has 0 spiro atoms. The molecule has 0 aliphatic rings. The first-order valence-corrected chi connectivity index (χ1v) is 8.85. The lowest BCUT2D eigenvalue weighted by atomic mass is 10.2. The van der Waals surface area contributed by atoms with Crippen LogP contribution < -0.4 is 4.80 Å². The molecule has 3 rings (SSSR count). The zero-order valence-corrected chi connectivity index (χ0v) is 15.4. The van der Waals surface area contributed by atoms with E-state index in [1.54, 1.807) is 35.8 Å². The molecule has 27 heavy (non-hydrogen) atoms. The van der Waals surface area contributed by atoms with E-state index in [1.807, 2.05) is 0 Å². The summed E-state index contributed by atoms with van der Waals surface area (Å²) in [6, 6.07) is 7.98. The van der Waals surface area contributed by atoms with Crippen molar-refractivity contribution in [3.8, 4) is 0 Å². The van der Waals surface area contributed by atoms with Crippen LogP contribution in [0.4, 0.5) is 0 Å². The summed E-state index contributed by atoms with van der Waals surface area (Å²) in [6.07, 6.45) is 1.38. The molecule has 2 heterocycles. The highest BCUT2D eigenvalue weighted by atomic mass is 32.1. The van der Waals surface area contributed by atoms with Crippen molar-refractivity contribution >= 4 is 39.4 Å². The molecule has 3 aromatic rings. The Morgan fingerprint density at radius 3 is 2.74 bits per heavy atom. The van der Waals surface area contributed by atoms with Crippen LogP contribution in [0.25, 0.3) is 10.2 Å². The van der Waals surface area contributed by atoms with Crippen molar-refractivity contribution in [3.63, 3.8) is 0 Å². The van der Waals surface area contributed by atoms with E-state index in [4.69, 9.17) is 13.9 Å². The Balaban J connectivity index is 2.13. The second kappa shape index (κ2) is 8.00. The number of carbonyl (C=O) groups is 3. The number of hydrogen-bond donors (Lipinski definition) is 0. The number of rotatable bonds is 5. The molecule has 9 heteroatoms. The number of aromatic nitrogens is 1. The first-order chi connectivity index (χ1) is 13.0. The van der Waals surface area contributed by atoms with Gasteiger partial charge < -0.3 is 18.5 Å². The number of benzene rings is 1. The summed E-state index contributed by atoms with van der Waals surface area (Å²) in [5, 5.41) is 0. The normalized spacial score (nSPS) is 11.6. The third-order valence-electron chi connectivity index (χ3n) is 3.63. The number of fused-ring (bicyclic) bond motifs is 1. The maximum atomic E-state index is 12.3. The monoisotopic (exact) mass is 388 g/mol. The Hall–Kier alpha value is -3.20. The van der Waals surface area contributed by atoms with Gasteiger partial charge in [0.1, 0.15) is 6.54 Å². The van der Waals surface area contributed by atoms with Gasteiger partial charge in [-0.25, -0.2) is 4.79 Å². The molecule has 1 amide bonds. The number of ether oxygens (including phenoxy) is 2. The number of amides is 1. The van der Waals surface area contributed by atoms with Gasteiger partial charge in [-0.1, -0.05) is 11.3 Å². The SMILES string of the molecule is CCOC(=O)Cn1c(=NC(=O)c2ccco2)sc2cc(C(=O)OC)ccc21. The molecule has 2 aromatic heterocycles. The van der Waals surface area contributed by atoms with E-state index < -0.39 is 17.8 Å². The molecule has 0 fully saturated rings. The summed E-state index contributed by atoms with van der Waals surface area (Å²) < 4.78 is 17.0. The van der Waals surface area contributed by atoms with Crippen LogP contribution in [-0.2, 0) is 20.8 Å². The molecule has 0 aliphatic heterocycles. The van der Waals surface area contributed by atoms with Gasteiger partial charge in [-0.05, 0) is 37.3 Å². The predicted molar refractivity (Wildman–Crippen MR) is 96.4 cm³/mol. The molecular weight excluding hydrogens is 372 g/mol. The second-order valence-corrected chi connectivity index (χ2v) is 6.35. The summed E-state index contributed by atoms with van der Waals surface area (Å²) in [5.74, 6) is -1.42. The van der Waals surface area contributed by atoms with E-state index in [9.17, 15) is 14.4 Å².